The van der Waals surface area contributed by atoms with Crippen molar-refractivity contribution in [3.05, 3.63) is 35.1 Å². The number of halogens is 1. The molecule has 4 aliphatic rings. The summed E-state index contributed by atoms with van der Waals surface area (Å²) in [6.07, 6.45) is 5.99. The van der Waals surface area contributed by atoms with Gasteiger partial charge < -0.3 is 5.32 Å². The molecule has 3 fully saturated rings. The number of hydrogen-bond acceptors (Lipinski definition) is 2. The lowest BCUT2D eigenvalue weighted by atomic mass is 9.39. The van der Waals surface area contributed by atoms with E-state index in [2.05, 4.69) is 30.3 Å². The second-order valence-corrected chi connectivity index (χ2v) is 7.61. The van der Waals surface area contributed by atoms with Gasteiger partial charge in [-0.2, -0.15) is 0 Å². The zero-order chi connectivity index (χ0) is 14.7. The Kier molecular flexibility index (Phi) is 2.96. The first-order valence-corrected chi connectivity index (χ1v) is 8.28. The molecule has 0 aromatic heterocycles. The number of rotatable bonds is 4. The third kappa shape index (κ3) is 1.97. The Bertz CT molecular complexity index is 549. The molecule has 3 heteroatoms. The van der Waals surface area contributed by atoms with Crippen LogP contribution in [-0.2, 0) is 13.0 Å². The van der Waals surface area contributed by atoms with Crippen molar-refractivity contribution in [3.8, 4) is 0 Å². The van der Waals surface area contributed by atoms with Crippen LogP contribution in [0.5, 0.6) is 0 Å². The van der Waals surface area contributed by atoms with Gasteiger partial charge in [-0.1, -0.05) is 19.1 Å². The monoisotopic (exact) mass is 288 g/mol. The summed E-state index contributed by atoms with van der Waals surface area (Å²) in [6, 6.07) is 6.08. The lowest BCUT2D eigenvalue weighted by Gasteiger charge is -2.72. The van der Waals surface area contributed by atoms with E-state index >= 15 is 0 Å². The van der Waals surface area contributed by atoms with Crippen LogP contribution in [0, 0.1) is 11.2 Å². The van der Waals surface area contributed by atoms with Crippen LogP contribution in [0.1, 0.15) is 43.7 Å². The van der Waals surface area contributed by atoms with Gasteiger partial charge in [0.1, 0.15) is 5.82 Å². The fraction of sp³-hybridized carbons (Fsp3) is 0.667. The van der Waals surface area contributed by atoms with Crippen molar-refractivity contribution >= 4 is 0 Å². The fourth-order valence-electron chi connectivity index (χ4n) is 5.14. The zero-order valence-electron chi connectivity index (χ0n) is 13.1. The van der Waals surface area contributed by atoms with Crippen LogP contribution in [0.3, 0.4) is 0 Å². The van der Waals surface area contributed by atoms with Gasteiger partial charge in [0.2, 0.25) is 0 Å². The SMILES string of the molecule is CC[C@H]1Cc2c(F)cccc2CN1CC12CC(NC)(C1)C2. The van der Waals surface area contributed by atoms with Crippen molar-refractivity contribution in [2.24, 2.45) is 5.41 Å². The molecule has 0 spiro atoms. The number of fused-ring (bicyclic) bond motifs is 1. The normalized spacial score (nSPS) is 37.6. The molecular weight excluding hydrogens is 263 g/mol. The Morgan fingerprint density at radius 1 is 1.33 bits per heavy atom. The largest absolute Gasteiger partial charge is 0.314 e. The summed E-state index contributed by atoms with van der Waals surface area (Å²) in [5.41, 5.74) is 3.20. The minimum Gasteiger partial charge on any atom is -0.314 e. The third-order valence-corrected chi connectivity index (χ3v) is 6.23. The van der Waals surface area contributed by atoms with Crippen LogP contribution in [-0.4, -0.2) is 30.1 Å². The molecule has 3 saturated carbocycles. The van der Waals surface area contributed by atoms with E-state index in [4.69, 9.17) is 0 Å². The van der Waals surface area contributed by atoms with Crippen molar-refractivity contribution in [2.45, 2.75) is 57.2 Å². The Hall–Kier alpha value is -0.930. The van der Waals surface area contributed by atoms with E-state index in [1.165, 1.54) is 31.4 Å². The molecule has 0 unspecified atom stereocenters. The number of nitrogens with zero attached hydrogens (tertiary/aromatic N) is 1. The summed E-state index contributed by atoms with van der Waals surface area (Å²) in [7, 11) is 2.10. The summed E-state index contributed by atoms with van der Waals surface area (Å²) >= 11 is 0. The lowest BCUT2D eigenvalue weighted by molar-refractivity contribution is -0.169. The highest BCUT2D eigenvalue weighted by Gasteiger charge is 2.67. The minimum atomic E-state index is -0.00903. The highest BCUT2D eigenvalue weighted by molar-refractivity contribution is 5.32. The Balaban J connectivity index is 1.51. The molecule has 0 saturated heterocycles. The van der Waals surface area contributed by atoms with Crippen LogP contribution < -0.4 is 5.32 Å². The average Bonchev–Trinajstić information content (AvgIpc) is 2.40. The first-order chi connectivity index (χ1) is 10.1. The van der Waals surface area contributed by atoms with Gasteiger partial charge in [0.15, 0.2) is 0 Å². The van der Waals surface area contributed by atoms with Crippen molar-refractivity contribution in [3.63, 3.8) is 0 Å². The maximum absolute atomic E-state index is 14.0. The third-order valence-electron chi connectivity index (χ3n) is 6.23. The van der Waals surface area contributed by atoms with Crippen molar-refractivity contribution < 1.29 is 4.39 Å². The summed E-state index contributed by atoms with van der Waals surface area (Å²) in [5, 5.41) is 3.49. The smallest absolute Gasteiger partial charge is 0.126 e. The average molecular weight is 288 g/mol. The van der Waals surface area contributed by atoms with Gasteiger partial charge >= 0.3 is 0 Å². The lowest BCUT2D eigenvalue weighted by Crippen LogP contribution is -2.75. The first-order valence-electron chi connectivity index (χ1n) is 8.28. The number of benzene rings is 1. The maximum Gasteiger partial charge on any atom is 0.126 e. The molecule has 1 heterocycles. The summed E-state index contributed by atoms with van der Waals surface area (Å²) in [5.74, 6) is -0.00903. The molecule has 0 amide bonds. The molecule has 1 aliphatic heterocycles. The highest BCUT2D eigenvalue weighted by atomic mass is 19.1. The summed E-state index contributed by atoms with van der Waals surface area (Å²) in [6.45, 7) is 4.37. The Labute approximate surface area is 126 Å². The van der Waals surface area contributed by atoms with Gasteiger partial charge in [0.25, 0.3) is 0 Å². The fourth-order valence-corrected chi connectivity index (χ4v) is 5.14. The van der Waals surface area contributed by atoms with E-state index < -0.39 is 0 Å². The summed E-state index contributed by atoms with van der Waals surface area (Å²) in [4.78, 5) is 2.63. The molecule has 2 nitrogen and oxygen atoms in total. The molecular formula is C18H25FN2. The topological polar surface area (TPSA) is 15.3 Å². The van der Waals surface area contributed by atoms with Crippen LogP contribution in [0.2, 0.25) is 0 Å². The van der Waals surface area contributed by atoms with E-state index in [0.717, 1.165) is 24.9 Å². The maximum atomic E-state index is 14.0. The minimum absolute atomic E-state index is 0.00903. The van der Waals surface area contributed by atoms with Crippen LogP contribution in [0.4, 0.5) is 4.39 Å². The summed E-state index contributed by atoms with van der Waals surface area (Å²) < 4.78 is 14.0. The quantitative estimate of drug-likeness (QED) is 0.916. The van der Waals surface area contributed by atoms with Crippen LogP contribution in [0.15, 0.2) is 18.2 Å². The second kappa shape index (κ2) is 4.53. The number of nitrogens with one attached hydrogen (secondary N) is 1. The van der Waals surface area contributed by atoms with E-state index in [9.17, 15) is 4.39 Å². The number of hydrogen-bond donors (Lipinski definition) is 1. The first kappa shape index (κ1) is 13.7. The van der Waals surface area contributed by atoms with E-state index in [0.29, 0.717) is 17.0 Å². The second-order valence-electron chi connectivity index (χ2n) is 7.61. The van der Waals surface area contributed by atoms with Gasteiger partial charge in [-0.3, -0.25) is 4.90 Å². The van der Waals surface area contributed by atoms with Gasteiger partial charge in [0.05, 0.1) is 0 Å². The van der Waals surface area contributed by atoms with Crippen molar-refractivity contribution in [2.75, 3.05) is 13.6 Å². The molecule has 1 atom stereocenters. The van der Waals surface area contributed by atoms with Gasteiger partial charge in [-0.05, 0) is 61.8 Å². The van der Waals surface area contributed by atoms with Crippen molar-refractivity contribution in [1.29, 1.82) is 0 Å². The molecule has 1 aromatic carbocycles. The molecule has 1 aromatic rings. The zero-order valence-corrected chi connectivity index (χ0v) is 13.1. The van der Waals surface area contributed by atoms with Gasteiger partial charge in [-0.25, -0.2) is 4.39 Å². The Morgan fingerprint density at radius 3 is 2.76 bits per heavy atom. The molecule has 1 N–H and O–H groups in total. The van der Waals surface area contributed by atoms with Crippen molar-refractivity contribution in [1.82, 2.24) is 10.2 Å². The Morgan fingerprint density at radius 2 is 2.10 bits per heavy atom. The van der Waals surface area contributed by atoms with Gasteiger partial charge in [-0.15, -0.1) is 0 Å². The van der Waals surface area contributed by atoms with E-state index in [-0.39, 0.29) is 5.82 Å². The highest BCUT2D eigenvalue weighted by Crippen LogP contribution is 2.67. The van der Waals surface area contributed by atoms with E-state index in [1.807, 2.05) is 6.07 Å². The molecule has 2 bridgehead atoms. The van der Waals surface area contributed by atoms with Crippen LogP contribution >= 0.6 is 0 Å². The van der Waals surface area contributed by atoms with E-state index in [1.54, 1.807) is 6.07 Å². The molecule has 114 valence electrons. The molecule has 3 aliphatic carbocycles. The predicted molar refractivity (Wildman–Crippen MR) is 82.7 cm³/mol. The molecule has 0 radical (unpaired) electrons. The standard InChI is InChI=1S/C18H25FN2/c1-3-14-7-15-13(5-4-6-16(15)19)8-21(14)12-17-9-18(10-17,11-17)20-2/h4-6,14,20H,3,7-12H2,1-2H3/t14-,17?,18?/m0/s1. The predicted octanol–water partition coefficient (Wildman–Crippen LogP) is 3.10. The van der Waals surface area contributed by atoms with Gasteiger partial charge in [0, 0.05) is 24.7 Å². The molecule has 21 heavy (non-hydrogen) atoms. The van der Waals surface area contributed by atoms with Crippen LogP contribution in [0.25, 0.3) is 0 Å². The molecule has 5 rings (SSSR count).